The van der Waals surface area contributed by atoms with E-state index in [4.69, 9.17) is 5.73 Å². The summed E-state index contributed by atoms with van der Waals surface area (Å²) in [7, 11) is 0. The van der Waals surface area contributed by atoms with Gasteiger partial charge < -0.3 is 5.73 Å². The van der Waals surface area contributed by atoms with Crippen LogP contribution in [0.5, 0.6) is 0 Å². The third kappa shape index (κ3) is 2.34. The first-order chi connectivity index (χ1) is 8.43. The second-order valence-corrected chi connectivity index (χ2v) is 4.42. The van der Waals surface area contributed by atoms with Gasteiger partial charge in [-0.2, -0.15) is 13.2 Å². The smallest absolute Gasteiger partial charge is 0.330 e. The molecule has 0 aliphatic heterocycles. The number of alkyl halides is 3. The highest BCUT2D eigenvalue weighted by atomic mass is 19.4. The molecule has 0 saturated carbocycles. The fourth-order valence-corrected chi connectivity index (χ4v) is 1.99. The van der Waals surface area contributed by atoms with Crippen LogP contribution in [0.4, 0.5) is 13.2 Å². The van der Waals surface area contributed by atoms with Gasteiger partial charge in [-0.3, -0.25) is 0 Å². The fourth-order valence-electron chi connectivity index (χ4n) is 1.99. The van der Waals surface area contributed by atoms with Gasteiger partial charge in [0.15, 0.2) is 0 Å². The van der Waals surface area contributed by atoms with Gasteiger partial charge >= 0.3 is 6.18 Å². The van der Waals surface area contributed by atoms with Crippen molar-refractivity contribution in [2.45, 2.75) is 19.0 Å². The van der Waals surface area contributed by atoms with Gasteiger partial charge in [0.25, 0.3) is 0 Å². The summed E-state index contributed by atoms with van der Waals surface area (Å²) in [6, 6.07) is 9.25. The number of hydrogen-bond donors (Lipinski definition) is 1. The van der Waals surface area contributed by atoms with Crippen LogP contribution in [0.25, 0.3) is 10.8 Å². The monoisotopic (exact) mass is 253 g/mol. The Morgan fingerprint density at radius 3 is 2.50 bits per heavy atom. The first-order valence-electron chi connectivity index (χ1n) is 5.73. The predicted molar refractivity (Wildman–Crippen MR) is 66.4 cm³/mol. The van der Waals surface area contributed by atoms with Crippen LogP contribution in [0.3, 0.4) is 0 Å². The maximum atomic E-state index is 12.8. The molecular formula is C14H14F3N. The number of hydrogen-bond acceptors (Lipinski definition) is 1. The normalized spacial score (nSPS) is 13.8. The quantitative estimate of drug-likeness (QED) is 0.862. The van der Waals surface area contributed by atoms with Crippen molar-refractivity contribution in [3.63, 3.8) is 0 Å². The van der Waals surface area contributed by atoms with Gasteiger partial charge in [-0.1, -0.05) is 37.3 Å². The molecule has 2 aromatic rings. The zero-order valence-electron chi connectivity index (χ0n) is 9.96. The zero-order valence-corrected chi connectivity index (χ0v) is 9.96. The molecule has 0 aromatic heterocycles. The molecule has 0 bridgehead atoms. The first-order valence-corrected chi connectivity index (χ1v) is 5.73. The van der Waals surface area contributed by atoms with E-state index in [2.05, 4.69) is 0 Å². The Morgan fingerprint density at radius 2 is 1.89 bits per heavy atom. The van der Waals surface area contributed by atoms with E-state index in [9.17, 15) is 13.2 Å². The highest BCUT2D eigenvalue weighted by molar-refractivity contribution is 5.86. The number of nitrogens with two attached hydrogens (primary N) is 1. The summed E-state index contributed by atoms with van der Waals surface area (Å²) in [6.07, 6.45) is -4.32. The van der Waals surface area contributed by atoms with Crippen molar-refractivity contribution in [2.24, 2.45) is 5.73 Å². The zero-order chi connectivity index (χ0) is 13.3. The minimum absolute atomic E-state index is 0.143. The average Bonchev–Trinajstić information content (AvgIpc) is 2.35. The van der Waals surface area contributed by atoms with Crippen LogP contribution in [-0.2, 0) is 6.18 Å². The molecule has 2 aromatic carbocycles. The molecule has 0 aliphatic rings. The van der Waals surface area contributed by atoms with Gasteiger partial charge in [-0.05, 0) is 34.9 Å². The van der Waals surface area contributed by atoms with Crippen LogP contribution < -0.4 is 5.73 Å². The minimum Gasteiger partial charge on any atom is -0.330 e. The lowest BCUT2D eigenvalue weighted by atomic mass is 9.96. The molecule has 0 fully saturated rings. The van der Waals surface area contributed by atoms with Crippen molar-refractivity contribution < 1.29 is 13.2 Å². The largest absolute Gasteiger partial charge is 0.417 e. The van der Waals surface area contributed by atoms with Crippen molar-refractivity contribution in [1.29, 1.82) is 0 Å². The molecule has 0 amide bonds. The maximum absolute atomic E-state index is 12.8. The lowest BCUT2D eigenvalue weighted by molar-refractivity contribution is -0.136. The molecule has 96 valence electrons. The van der Waals surface area contributed by atoms with Gasteiger partial charge in [0, 0.05) is 0 Å². The molecule has 1 unspecified atom stereocenters. The van der Waals surface area contributed by atoms with Gasteiger partial charge in [0.05, 0.1) is 5.56 Å². The average molecular weight is 253 g/mol. The van der Waals surface area contributed by atoms with Gasteiger partial charge in [-0.25, -0.2) is 0 Å². The van der Waals surface area contributed by atoms with Crippen molar-refractivity contribution in [3.05, 3.63) is 47.5 Å². The van der Waals surface area contributed by atoms with Crippen LogP contribution in [0.1, 0.15) is 24.0 Å². The topological polar surface area (TPSA) is 26.0 Å². The third-order valence-electron chi connectivity index (χ3n) is 3.13. The standard InChI is InChI=1S/C14H14F3N/c1-9(8-18)10-5-6-12-11(7-10)3-2-4-13(12)14(15,16)17/h2-7,9H,8,18H2,1H3. The van der Waals surface area contributed by atoms with Crippen molar-refractivity contribution in [3.8, 4) is 0 Å². The van der Waals surface area contributed by atoms with Crippen LogP contribution >= 0.6 is 0 Å². The van der Waals surface area contributed by atoms with Crippen molar-refractivity contribution >= 4 is 10.8 Å². The molecule has 1 nitrogen and oxygen atoms in total. The first kappa shape index (κ1) is 12.9. The maximum Gasteiger partial charge on any atom is 0.417 e. The fraction of sp³-hybridized carbons (Fsp3) is 0.286. The Balaban J connectivity index is 2.61. The second kappa shape index (κ2) is 4.61. The molecule has 2 N–H and O–H groups in total. The van der Waals surface area contributed by atoms with E-state index in [1.165, 1.54) is 12.1 Å². The van der Waals surface area contributed by atoms with Crippen LogP contribution in [-0.4, -0.2) is 6.54 Å². The molecule has 0 spiro atoms. The summed E-state index contributed by atoms with van der Waals surface area (Å²) < 4.78 is 38.5. The number of rotatable bonds is 2. The summed E-state index contributed by atoms with van der Waals surface area (Å²) in [4.78, 5) is 0. The van der Waals surface area contributed by atoms with Crippen LogP contribution in [0, 0.1) is 0 Å². The predicted octanol–water partition coefficient (Wildman–Crippen LogP) is 3.92. The second-order valence-electron chi connectivity index (χ2n) is 4.42. The summed E-state index contributed by atoms with van der Waals surface area (Å²) in [5.41, 5.74) is 5.94. The van der Waals surface area contributed by atoms with E-state index in [0.717, 1.165) is 11.6 Å². The minimum atomic E-state index is -4.32. The number of halogens is 3. The SMILES string of the molecule is CC(CN)c1ccc2c(C(F)(F)F)cccc2c1. The Morgan fingerprint density at radius 1 is 1.17 bits per heavy atom. The summed E-state index contributed by atoms with van der Waals surface area (Å²) in [5.74, 6) is 0.143. The Hall–Kier alpha value is -1.55. The summed E-state index contributed by atoms with van der Waals surface area (Å²) in [6.45, 7) is 2.43. The lowest BCUT2D eigenvalue weighted by Gasteiger charge is -2.13. The molecule has 0 saturated heterocycles. The van der Waals surface area contributed by atoms with E-state index in [1.54, 1.807) is 18.2 Å². The molecule has 2 rings (SSSR count). The summed E-state index contributed by atoms with van der Waals surface area (Å²) >= 11 is 0. The van der Waals surface area contributed by atoms with E-state index in [0.29, 0.717) is 11.9 Å². The van der Waals surface area contributed by atoms with Gasteiger partial charge in [0.1, 0.15) is 0 Å². The summed E-state index contributed by atoms with van der Waals surface area (Å²) in [5, 5.41) is 0.834. The van der Waals surface area contributed by atoms with E-state index < -0.39 is 11.7 Å². The molecule has 4 heteroatoms. The Bertz CT molecular complexity index is 560. The molecule has 18 heavy (non-hydrogen) atoms. The van der Waals surface area contributed by atoms with Gasteiger partial charge in [-0.15, -0.1) is 0 Å². The highest BCUT2D eigenvalue weighted by Gasteiger charge is 2.32. The van der Waals surface area contributed by atoms with Crippen LogP contribution in [0.2, 0.25) is 0 Å². The van der Waals surface area contributed by atoms with E-state index in [-0.39, 0.29) is 11.3 Å². The lowest BCUT2D eigenvalue weighted by Crippen LogP contribution is -2.09. The molecule has 0 heterocycles. The number of benzene rings is 2. The van der Waals surface area contributed by atoms with Gasteiger partial charge in [0.2, 0.25) is 0 Å². The van der Waals surface area contributed by atoms with E-state index in [1.807, 2.05) is 6.92 Å². The number of fused-ring (bicyclic) bond motifs is 1. The molecule has 1 atom stereocenters. The van der Waals surface area contributed by atoms with E-state index >= 15 is 0 Å². The highest BCUT2D eigenvalue weighted by Crippen LogP contribution is 2.35. The van der Waals surface area contributed by atoms with Crippen LogP contribution in [0.15, 0.2) is 36.4 Å². The Labute approximate surface area is 103 Å². The van der Waals surface area contributed by atoms with Crippen molar-refractivity contribution in [2.75, 3.05) is 6.54 Å². The third-order valence-corrected chi connectivity index (χ3v) is 3.13. The molecular weight excluding hydrogens is 239 g/mol. The Kier molecular flexibility index (Phi) is 3.30. The van der Waals surface area contributed by atoms with Crippen molar-refractivity contribution in [1.82, 2.24) is 0 Å². The molecule has 0 radical (unpaired) electrons. The molecule has 0 aliphatic carbocycles.